The number of carbonyl (C=O) groups excluding carboxylic acids is 2. The Balaban J connectivity index is 4.31. The van der Waals surface area contributed by atoms with Gasteiger partial charge in [-0.25, -0.2) is 0 Å². The van der Waals surface area contributed by atoms with Crippen molar-refractivity contribution in [3.8, 4) is 0 Å². The molecule has 68 heavy (non-hydrogen) atoms. The van der Waals surface area contributed by atoms with Crippen molar-refractivity contribution in [1.82, 2.24) is 0 Å². The highest BCUT2D eigenvalue weighted by molar-refractivity contribution is 5.70. The van der Waals surface area contributed by atoms with Crippen LogP contribution in [0.1, 0.15) is 303 Å². The fraction of sp³-hybridized carbons (Fsp3) is 0.810. The molecule has 396 valence electrons. The molecule has 0 N–H and O–H groups in total. The Morgan fingerprint density at radius 3 is 1.03 bits per heavy atom. The molecule has 1 unspecified atom stereocenters. The van der Waals surface area contributed by atoms with E-state index in [9.17, 15) is 9.59 Å². The third-order valence-electron chi connectivity index (χ3n) is 13.1. The average molecular weight is 952 g/mol. The topological polar surface area (TPSA) is 61.8 Å². The van der Waals surface area contributed by atoms with E-state index in [4.69, 9.17) is 14.2 Å². The number of hydrogen-bond donors (Lipinski definition) is 0. The molecule has 0 saturated heterocycles. The third-order valence-corrected chi connectivity index (χ3v) is 13.1. The van der Waals surface area contributed by atoms with Crippen LogP contribution in [0.3, 0.4) is 0 Å². The quantitative estimate of drug-likeness (QED) is 0.0345. The van der Waals surface area contributed by atoms with Gasteiger partial charge in [-0.1, -0.05) is 287 Å². The van der Waals surface area contributed by atoms with Gasteiger partial charge in [-0.15, -0.1) is 0 Å². The molecule has 0 aliphatic rings. The summed E-state index contributed by atoms with van der Waals surface area (Å²) in [5, 5.41) is 0. The molecule has 0 bridgehead atoms. The number of rotatable bonds is 55. The first-order valence-electron chi connectivity index (χ1n) is 29.8. The van der Waals surface area contributed by atoms with Crippen molar-refractivity contribution < 1.29 is 23.8 Å². The Labute approximate surface area is 424 Å². The molecule has 0 spiro atoms. The monoisotopic (exact) mass is 951 g/mol. The summed E-state index contributed by atoms with van der Waals surface area (Å²) in [5.74, 6) is -0.403. The van der Waals surface area contributed by atoms with Crippen LogP contribution in [-0.4, -0.2) is 37.9 Å². The highest BCUT2D eigenvalue weighted by atomic mass is 16.6. The van der Waals surface area contributed by atoms with Gasteiger partial charge >= 0.3 is 11.9 Å². The van der Waals surface area contributed by atoms with Gasteiger partial charge in [-0.05, 0) is 64.2 Å². The van der Waals surface area contributed by atoms with E-state index in [0.29, 0.717) is 19.4 Å². The molecule has 5 heteroatoms. The molecule has 0 radical (unpaired) electrons. The Bertz CT molecular complexity index is 1170. The molecule has 1 atom stereocenters. The molecule has 0 aliphatic carbocycles. The summed E-state index contributed by atoms with van der Waals surface area (Å²) in [7, 11) is 0. The van der Waals surface area contributed by atoms with E-state index in [1.165, 1.54) is 193 Å². The lowest BCUT2D eigenvalue weighted by Gasteiger charge is -2.18. The van der Waals surface area contributed by atoms with Crippen molar-refractivity contribution in [3.63, 3.8) is 0 Å². The van der Waals surface area contributed by atoms with E-state index in [2.05, 4.69) is 81.5 Å². The molecular weight excluding hydrogens is 837 g/mol. The summed E-state index contributed by atoms with van der Waals surface area (Å²) in [5.41, 5.74) is 0. The Morgan fingerprint density at radius 1 is 0.338 bits per heavy atom. The standard InChI is InChI=1S/C63H114O5/c1-4-7-10-13-16-19-22-25-28-31-34-37-40-43-46-49-52-55-58-66-59-61(68-63(65)57-54-51-48-45-42-39-36-33-30-27-24-21-18-15-12-9-6-3)60-67-62(64)56-53-50-47-44-41-38-35-32-29-26-23-20-17-14-11-8-5-2/h7,10,16,19,25,28,34,37,43,46,61H,4-6,8-9,11-15,17-18,20-24,26-27,29-33,35-36,38-42,44-45,47-60H2,1-3H3/b10-7-,19-16-,28-25-,37-34-,46-43-. The van der Waals surface area contributed by atoms with E-state index in [1.807, 2.05) is 0 Å². The largest absolute Gasteiger partial charge is 0.462 e. The zero-order valence-electron chi connectivity index (χ0n) is 45.6. The maximum atomic E-state index is 12.9. The molecule has 0 aromatic rings. The lowest BCUT2D eigenvalue weighted by atomic mass is 10.0. The second-order valence-electron chi connectivity index (χ2n) is 19.9. The van der Waals surface area contributed by atoms with Gasteiger partial charge in [-0.3, -0.25) is 9.59 Å². The van der Waals surface area contributed by atoms with Crippen LogP contribution in [0, 0.1) is 0 Å². The molecule has 0 saturated carbocycles. The van der Waals surface area contributed by atoms with Crippen LogP contribution in [0.2, 0.25) is 0 Å². The fourth-order valence-electron chi connectivity index (χ4n) is 8.66. The first-order valence-corrected chi connectivity index (χ1v) is 29.8. The second kappa shape index (κ2) is 58.9. The smallest absolute Gasteiger partial charge is 0.306 e. The van der Waals surface area contributed by atoms with Gasteiger partial charge < -0.3 is 14.2 Å². The van der Waals surface area contributed by atoms with Crippen molar-refractivity contribution in [2.24, 2.45) is 0 Å². The highest BCUT2D eigenvalue weighted by Crippen LogP contribution is 2.17. The molecule has 0 aromatic heterocycles. The second-order valence-corrected chi connectivity index (χ2v) is 19.9. The Hall–Kier alpha value is -2.40. The summed E-state index contributed by atoms with van der Waals surface area (Å²) in [6.45, 7) is 7.67. The maximum Gasteiger partial charge on any atom is 0.306 e. The normalized spacial score (nSPS) is 12.6. The molecule has 0 amide bonds. The first-order chi connectivity index (χ1) is 33.6. The van der Waals surface area contributed by atoms with Crippen molar-refractivity contribution in [1.29, 1.82) is 0 Å². The molecule has 0 aromatic carbocycles. The van der Waals surface area contributed by atoms with E-state index in [1.54, 1.807) is 0 Å². The molecular formula is C63H114O5. The summed E-state index contributed by atoms with van der Waals surface area (Å²) in [6.07, 6.45) is 75.4. The predicted octanol–water partition coefficient (Wildman–Crippen LogP) is 20.5. The third kappa shape index (κ3) is 56.2. The van der Waals surface area contributed by atoms with Crippen LogP contribution in [0.25, 0.3) is 0 Å². The van der Waals surface area contributed by atoms with Gasteiger partial charge in [0.25, 0.3) is 0 Å². The molecule has 0 rings (SSSR count). The minimum absolute atomic E-state index is 0.0720. The van der Waals surface area contributed by atoms with Gasteiger partial charge in [0, 0.05) is 19.4 Å². The van der Waals surface area contributed by atoms with Crippen LogP contribution in [0.15, 0.2) is 60.8 Å². The minimum atomic E-state index is -0.557. The number of esters is 2. The van der Waals surface area contributed by atoms with Crippen molar-refractivity contribution in [3.05, 3.63) is 60.8 Å². The molecule has 5 nitrogen and oxygen atoms in total. The molecule has 0 heterocycles. The SMILES string of the molecule is CC/C=C\C/C=C\C/C=C\C/C=C\C/C=C\CCCCOCC(COC(=O)CCCCCCCCCCCCCCCCCCC)OC(=O)CCCCCCCCCCCCCCCCCCC. The van der Waals surface area contributed by atoms with Crippen molar-refractivity contribution >= 4 is 11.9 Å². The van der Waals surface area contributed by atoms with Gasteiger partial charge in [0.15, 0.2) is 6.10 Å². The predicted molar refractivity (Wildman–Crippen MR) is 298 cm³/mol. The molecule has 0 aliphatic heterocycles. The number of carbonyl (C=O) groups is 2. The zero-order chi connectivity index (χ0) is 49.2. The van der Waals surface area contributed by atoms with Gasteiger partial charge in [0.05, 0.1) is 6.61 Å². The fourth-order valence-corrected chi connectivity index (χ4v) is 8.66. The Morgan fingerprint density at radius 2 is 0.662 bits per heavy atom. The highest BCUT2D eigenvalue weighted by Gasteiger charge is 2.17. The maximum absolute atomic E-state index is 12.9. The van der Waals surface area contributed by atoms with Crippen LogP contribution in [-0.2, 0) is 23.8 Å². The summed E-state index contributed by atoms with van der Waals surface area (Å²) in [6, 6.07) is 0. The van der Waals surface area contributed by atoms with E-state index in [0.717, 1.165) is 77.0 Å². The minimum Gasteiger partial charge on any atom is -0.462 e. The van der Waals surface area contributed by atoms with E-state index in [-0.39, 0.29) is 25.2 Å². The van der Waals surface area contributed by atoms with E-state index >= 15 is 0 Å². The number of unbranched alkanes of at least 4 members (excludes halogenated alkanes) is 34. The zero-order valence-corrected chi connectivity index (χ0v) is 45.6. The van der Waals surface area contributed by atoms with Crippen LogP contribution < -0.4 is 0 Å². The lowest BCUT2D eigenvalue weighted by molar-refractivity contribution is -0.163. The van der Waals surface area contributed by atoms with E-state index < -0.39 is 6.10 Å². The van der Waals surface area contributed by atoms with Crippen LogP contribution in [0.4, 0.5) is 0 Å². The Kier molecular flexibility index (Phi) is 56.8. The summed E-state index contributed by atoms with van der Waals surface area (Å²) < 4.78 is 17.5. The number of allylic oxidation sites excluding steroid dienone is 10. The van der Waals surface area contributed by atoms with Gasteiger partial charge in [0.2, 0.25) is 0 Å². The summed E-state index contributed by atoms with van der Waals surface area (Å²) >= 11 is 0. The lowest BCUT2D eigenvalue weighted by Crippen LogP contribution is -2.30. The molecule has 0 fully saturated rings. The van der Waals surface area contributed by atoms with Crippen LogP contribution in [0.5, 0.6) is 0 Å². The van der Waals surface area contributed by atoms with Gasteiger partial charge in [0.1, 0.15) is 6.61 Å². The number of ether oxygens (including phenoxy) is 3. The summed E-state index contributed by atoms with van der Waals surface area (Å²) in [4.78, 5) is 25.6. The number of hydrogen-bond acceptors (Lipinski definition) is 5. The van der Waals surface area contributed by atoms with Crippen molar-refractivity contribution in [2.75, 3.05) is 19.8 Å². The van der Waals surface area contributed by atoms with Crippen molar-refractivity contribution in [2.45, 2.75) is 309 Å². The first kappa shape index (κ1) is 65.6. The van der Waals surface area contributed by atoms with Gasteiger partial charge in [-0.2, -0.15) is 0 Å². The van der Waals surface area contributed by atoms with Crippen LogP contribution >= 0.6 is 0 Å². The average Bonchev–Trinajstić information content (AvgIpc) is 3.34.